The molecule has 0 aliphatic heterocycles. The Morgan fingerprint density at radius 3 is 0.545 bits per heavy atom. The maximum absolute atomic E-state index is 10.6. The molecule has 129 valence electrons. The zero-order chi connectivity index (χ0) is 18.2. The minimum atomic E-state index is -5.08. The molecule has 0 spiro atoms. The van der Waals surface area contributed by atoms with E-state index in [0.29, 0.717) is 0 Å². The molecule has 6 nitrogen and oxygen atoms in total. The van der Waals surface area contributed by atoms with Gasteiger partial charge in [-0.3, -0.25) is 0 Å². The number of hydrogen-bond acceptors (Lipinski definition) is 3. The van der Waals surface area contributed by atoms with Crippen molar-refractivity contribution in [2.24, 2.45) is 0 Å². The van der Waals surface area contributed by atoms with Gasteiger partial charge in [0.05, 0.1) is 0 Å². The number of carbonyl (C=O) groups is 3. The molecule has 0 rings (SSSR count). The molecule has 16 heteroatoms. The van der Waals surface area contributed by atoms with Crippen LogP contribution in [-0.4, -0.2) is 51.8 Å². The van der Waals surface area contributed by atoms with Crippen LogP contribution in [0.15, 0.2) is 0 Å². The molecule has 0 bridgehead atoms. The average molecular weight is 483 g/mol. The second-order valence-corrected chi connectivity index (χ2v) is 2.41. The summed E-state index contributed by atoms with van der Waals surface area (Å²) in [6.45, 7) is 0. The van der Waals surface area contributed by atoms with Crippen molar-refractivity contribution in [1.29, 1.82) is 0 Å². The Morgan fingerprint density at radius 1 is 0.500 bits per heavy atom. The van der Waals surface area contributed by atoms with E-state index >= 15 is 0 Å². The Hall–Kier alpha value is -0.856. The van der Waals surface area contributed by atoms with Gasteiger partial charge in [0, 0.05) is 41.3 Å². The van der Waals surface area contributed by atoms with Crippen LogP contribution in [0.3, 0.4) is 0 Å². The third-order valence-corrected chi connectivity index (χ3v) is 0.728. The molecule has 22 heavy (non-hydrogen) atoms. The van der Waals surface area contributed by atoms with Crippen molar-refractivity contribution in [3.05, 3.63) is 0 Å². The molecule has 0 atom stereocenters. The van der Waals surface area contributed by atoms with Gasteiger partial charge in [-0.15, -0.1) is 0 Å². The summed E-state index contributed by atoms with van der Waals surface area (Å²) in [6, 6.07) is 0. The van der Waals surface area contributed by atoms with Crippen LogP contribution in [0.5, 0.6) is 0 Å². The van der Waals surface area contributed by atoms with E-state index in [0.717, 1.165) is 0 Å². The molecule has 0 fully saturated rings. The minimum Gasteiger partial charge on any atom is -0.475 e. The Balaban J connectivity index is -0.000000108. The fraction of sp³-hybridized carbons (Fsp3) is 0.500. The Morgan fingerprint density at radius 2 is 0.545 bits per heavy atom. The molecule has 0 amide bonds. The standard InChI is InChI=1S/3C2HF3O2.Pr/c3*3-2(4,5)1(6)7;/h3*(H,6,7);. The molecule has 0 heterocycles. The number of halogens is 9. The third-order valence-electron chi connectivity index (χ3n) is 0.728. The Labute approximate surface area is 146 Å². The maximum atomic E-state index is 10.6. The fourth-order valence-electron chi connectivity index (χ4n) is 0. The van der Waals surface area contributed by atoms with Gasteiger partial charge in [0.15, 0.2) is 0 Å². The van der Waals surface area contributed by atoms with E-state index < -0.39 is 36.4 Å². The minimum absolute atomic E-state index is 0. The summed E-state index contributed by atoms with van der Waals surface area (Å²) in [4.78, 5) is 26.7. The third kappa shape index (κ3) is 21.4. The topological polar surface area (TPSA) is 112 Å². The van der Waals surface area contributed by atoms with Crippen LogP contribution >= 0.6 is 0 Å². The summed E-state index contributed by atoms with van der Waals surface area (Å²) >= 11 is 0. The second kappa shape index (κ2) is 10.8. The molecule has 0 aromatic carbocycles. The van der Waals surface area contributed by atoms with E-state index in [1.807, 2.05) is 0 Å². The van der Waals surface area contributed by atoms with Gasteiger partial charge in [0.1, 0.15) is 0 Å². The molecule has 3 N–H and O–H groups in total. The predicted octanol–water partition coefficient (Wildman–Crippen LogP) is 1.90. The van der Waals surface area contributed by atoms with Gasteiger partial charge in [0.2, 0.25) is 0 Å². The molecule has 0 aromatic rings. The van der Waals surface area contributed by atoms with Crippen LogP contribution in [0.1, 0.15) is 0 Å². The van der Waals surface area contributed by atoms with Gasteiger partial charge in [-0.25, -0.2) is 14.4 Å². The molecular formula is C6H3F9O6Pr. The second-order valence-electron chi connectivity index (χ2n) is 2.41. The summed E-state index contributed by atoms with van der Waals surface area (Å²) in [5, 5.41) is 21.4. The molecule has 0 saturated heterocycles. The SMILES string of the molecule is O=C(O)C(F)(F)F.O=C(O)C(F)(F)F.O=C(O)C(F)(F)F.[Pr]. The number of aliphatic carboxylic acids is 3. The van der Waals surface area contributed by atoms with Crippen LogP contribution in [0.25, 0.3) is 0 Å². The van der Waals surface area contributed by atoms with E-state index in [9.17, 15) is 39.5 Å². The van der Waals surface area contributed by atoms with Crippen LogP contribution in [0.2, 0.25) is 0 Å². The van der Waals surface area contributed by atoms with E-state index in [4.69, 9.17) is 29.7 Å². The van der Waals surface area contributed by atoms with Crippen molar-refractivity contribution in [3.8, 4) is 0 Å². The average Bonchev–Trinajstić information content (AvgIpc) is 2.14. The zero-order valence-electron chi connectivity index (χ0n) is 9.55. The first-order chi connectivity index (χ1) is 8.83. The predicted molar refractivity (Wildman–Crippen MR) is 41.1 cm³/mol. The largest absolute Gasteiger partial charge is 0.490 e. The molecule has 0 unspecified atom stereocenters. The fourth-order valence-corrected chi connectivity index (χ4v) is 0. The van der Waals surface area contributed by atoms with Crippen molar-refractivity contribution in [3.63, 3.8) is 0 Å². The number of alkyl halides is 9. The summed E-state index contributed by atoms with van der Waals surface area (Å²) in [7, 11) is 0. The van der Waals surface area contributed by atoms with Gasteiger partial charge in [-0.05, 0) is 0 Å². The van der Waals surface area contributed by atoms with Crippen molar-refractivity contribution >= 4 is 17.9 Å². The van der Waals surface area contributed by atoms with Crippen molar-refractivity contribution in [2.75, 3.05) is 0 Å². The maximum Gasteiger partial charge on any atom is 0.490 e. The Bertz CT molecular complexity index is 313. The summed E-state index contributed by atoms with van der Waals surface area (Å²) in [5.41, 5.74) is 0. The first-order valence-electron chi connectivity index (χ1n) is 3.73. The van der Waals surface area contributed by atoms with Crippen LogP contribution in [0, 0.1) is 41.3 Å². The normalized spacial score (nSPS) is 10.8. The van der Waals surface area contributed by atoms with Crippen LogP contribution < -0.4 is 0 Å². The molecule has 1 radical (unpaired) electrons. The van der Waals surface area contributed by atoms with E-state index in [1.54, 1.807) is 0 Å². The van der Waals surface area contributed by atoms with Crippen molar-refractivity contribution < 1.29 is 111 Å². The van der Waals surface area contributed by atoms with Crippen LogP contribution in [-0.2, 0) is 14.4 Å². The molecule has 0 aliphatic carbocycles. The molecule has 0 aliphatic rings. The van der Waals surface area contributed by atoms with E-state index in [-0.39, 0.29) is 41.3 Å². The smallest absolute Gasteiger partial charge is 0.475 e. The van der Waals surface area contributed by atoms with Crippen LogP contribution in [0.4, 0.5) is 39.5 Å². The van der Waals surface area contributed by atoms with E-state index in [1.165, 1.54) is 0 Å². The quantitative estimate of drug-likeness (QED) is 0.455. The number of carboxylic acid groups (broad SMARTS) is 3. The first kappa shape index (κ1) is 29.2. The molecular weight excluding hydrogens is 480 g/mol. The monoisotopic (exact) mass is 483 g/mol. The summed E-state index contributed by atoms with van der Waals surface area (Å²) in [6.07, 6.45) is -15.3. The van der Waals surface area contributed by atoms with E-state index in [2.05, 4.69) is 0 Å². The van der Waals surface area contributed by atoms with Gasteiger partial charge in [-0.2, -0.15) is 39.5 Å². The number of carboxylic acids is 3. The van der Waals surface area contributed by atoms with Gasteiger partial charge < -0.3 is 15.3 Å². The van der Waals surface area contributed by atoms with Crippen molar-refractivity contribution in [2.45, 2.75) is 18.5 Å². The Kier molecular flexibility index (Phi) is 14.3. The molecule has 0 saturated carbocycles. The number of rotatable bonds is 0. The van der Waals surface area contributed by atoms with Crippen molar-refractivity contribution in [1.82, 2.24) is 0 Å². The summed E-state index contributed by atoms with van der Waals surface area (Å²) in [5.74, 6) is -8.27. The zero-order valence-corrected chi connectivity index (χ0v) is 13.2. The molecule has 0 aromatic heterocycles. The van der Waals surface area contributed by atoms with Gasteiger partial charge >= 0.3 is 36.4 Å². The summed E-state index contributed by atoms with van der Waals surface area (Å²) < 4.78 is 95.2. The first-order valence-corrected chi connectivity index (χ1v) is 3.73. The van der Waals surface area contributed by atoms with Gasteiger partial charge in [-0.1, -0.05) is 0 Å². The number of hydrogen-bond donors (Lipinski definition) is 3. The van der Waals surface area contributed by atoms with Gasteiger partial charge in [0.25, 0.3) is 0 Å².